The molecule has 0 heterocycles. The van der Waals surface area contributed by atoms with Crippen LogP contribution >= 0.6 is 0 Å². The number of phenols is 1. The molecule has 0 radical (unpaired) electrons. The van der Waals surface area contributed by atoms with Gasteiger partial charge in [-0.25, -0.2) is 0 Å². The van der Waals surface area contributed by atoms with E-state index in [1.54, 1.807) is 0 Å². The van der Waals surface area contributed by atoms with Crippen molar-refractivity contribution in [2.45, 2.75) is 20.1 Å². The number of hydrogen-bond acceptors (Lipinski definition) is 6. The molecule has 0 fully saturated rings. The lowest BCUT2D eigenvalue weighted by Gasteiger charge is -2.14. The van der Waals surface area contributed by atoms with E-state index in [9.17, 15) is 9.90 Å². The number of rotatable bonds is 11. The number of carbonyl (C=O) groups excluding carboxylic acids is 1. The van der Waals surface area contributed by atoms with Crippen LogP contribution in [-0.2, 0) is 22.7 Å². The Bertz CT molecular complexity index is 941. The fourth-order valence-electron chi connectivity index (χ4n) is 2.81. The molecule has 0 saturated carbocycles. The first-order chi connectivity index (χ1) is 14.6. The molecule has 0 atom stereocenters. The van der Waals surface area contributed by atoms with Gasteiger partial charge in [-0.2, -0.15) is 0 Å². The summed E-state index contributed by atoms with van der Waals surface area (Å²) < 4.78 is 22.1. The predicted molar refractivity (Wildman–Crippen MR) is 112 cm³/mol. The minimum absolute atomic E-state index is 0.0162. The maximum atomic E-state index is 11.9. The predicted octanol–water partition coefficient (Wildman–Crippen LogP) is 4.70. The van der Waals surface area contributed by atoms with Crippen molar-refractivity contribution in [2.75, 3.05) is 13.6 Å². The first-order valence-electron chi connectivity index (χ1n) is 9.50. The molecule has 0 aliphatic carbocycles. The Morgan fingerprint density at radius 2 is 1.33 bits per heavy atom. The molecule has 0 spiro atoms. The molecule has 0 unspecified atom stereocenters. The van der Waals surface area contributed by atoms with E-state index in [2.05, 4.69) is 0 Å². The van der Waals surface area contributed by atoms with Crippen LogP contribution in [0.1, 0.15) is 28.4 Å². The molecule has 156 valence electrons. The normalized spacial score (nSPS) is 10.6. The molecule has 3 aromatic carbocycles. The van der Waals surface area contributed by atoms with E-state index in [1.807, 2.05) is 60.7 Å². The zero-order valence-corrected chi connectivity index (χ0v) is 16.7. The van der Waals surface area contributed by atoms with E-state index < -0.39 is 0 Å². The molecule has 3 aromatic rings. The molecular formula is C24H24O6. The van der Waals surface area contributed by atoms with E-state index in [1.165, 1.54) is 19.1 Å². The van der Waals surface area contributed by atoms with Crippen molar-refractivity contribution in [2.24, 2.45) is 0 Å². The Morgan fingerprint density at radius 3 is 1.87 bits per heavy atom. The number of aromatic hydroxyl groups is 1. The Balaban J connectivity index is 1.56. The Labute approximate surface area is 175 Å². The van der Waals surface area contributed by atoms with Crippen LogP contribution < -0.4 is 9.47 Å². The molecular weight excluding hydrogens is 384 g/mol. The highest BCUT2D eigenvalue weighted by Gasteiger charge is 2.17. The third-order valence-corrected chi connectivity index (χ3v) is 4.24. The van der Waals surface area contributed by atoms with Gasteiger partial charge in [0.2, 0.25) is 0 Å². The molecule has 6 nitrogen and oxygen atoms in total. The van der Waals surface area contributed by atoms with Gasteiger partial charge < -0.3 is 24.1 Å². The third-order valence-electron chi connectivity index (χ3n) is 4.24. The van der Waals surface area contributed by atoms with Crippen molar-refractivity contribution in [3.63, 3.8) is 0 Å². The first kappa shape index (κ1) is 21.4. The second kappa shape index (κ2) is 11.0. The van der Waals surface area contributed by atoms with Crippen molar-refractivity contribution in [3.05, 3.63) is 89.5 Å². The zero-order valence-electron chi connectivity index (χ0n) is 16.7. The summed E-state index contributed by atoms with van der Waals surface area (Å²) in [5.74, 6) is -0.0317. The van der Waals surface area contributed by atoms with Crippen LogP contribution in [0.25, 0.3) is 0 Å². The molecule has 0 aromatic heterocycles. The fraction of sp³-hybridized carbons (Fsp3) is 0.208. The number of ether oxygens (including phenoxy) is 4. The summed E-state index contributed by atoms with van der Waals surface area (Å²) in [6, 6.07) is 22.3. The van der Waals surface area contributed by atoms with Gasteiger partial charge in [-0.05, 0) is 18.1 Å². The fourth-order valence-corrected chi connectivity index (χ4v) is 2.81. The van der Waals surface area contributed by atoms with Crippen LogP contribution in [-0.4, -0.2) is 24.5 Å². The minimum Gasteiger partial charge on any atom is -0.507 e. The molecule has 0 aliphatic rings. The van der Waals surface area contributed by atoms with Gasteiger partial charge in [-0.1, -0.05) is 60.7 Å². The molecule has 0 saturated heterocycles. The summed E-state index contributed by atoms with van der Waals surface area (Å²) in [7, 11) is 0. The van der Waals surface area contributed by atoms with Gasteiger partial charge in [0.05, 0.1) is 13.2 Å². The van der Waals surface area contributed by atoms with Gasteiger partial charge in [0.1, 0.15) is 22.8 Å². The number of Topliss-reactive ketones (excluding diaryl/α,β-unsaturated/α-hetero) is 1. The Hall–Kier alpha value is -3.35. The summed E-state index contributed by atoms with van der Waals surface area (Å²) >= 11 is 0. The van der Waals surface area contributed by atoms with Crippen molar-refractivity contribution in [3.8, 4) is 17.2 Å². The number of hydrogen-bond donors (Lipinski definition) is 1. The smallest absolute Gasteiger partial charge is 0.189 e. The van der Waals surface area contributed by atoms with Crippen molar-refractivity contribution in [1.82, 2.24) is 0 Å². The quantitative estimate of drug-likeness (QED) is 0.282. The van der Waals surface area contributed by atoms with Crippen molar-refractivity contribution in [1.29, 1.82) is 0 Å². The summed E-state index contributed by atoms with van der Waals surface area (Å²) in [5.41, 5.74) is 2.11. The summed E-state index contributed by atoms with van der Waals surface area (Å²) in [4.78, 5) is 11.9. The van der Waals surface area contributed by atoms with Crippen LogP contribution in [0.3, 0.4) is 0 Å². The van der Waals surface area contributed by atoms with Crippen LogP contribution in [0, 0.1) is 0 Å². The van der Waals surface area contributed by atoms with Crippen LogP contribution in [0.2, 0.25) is 0 Å². The number of carbonyl (C=O) groups is 1. The second-order valence-electron chi connectivity index (χ2n) is 6.56. The van der Waals surface area contributed by atoms with Crippen LogP contribution in [0.4, 0.5) is 0 Å². The molecule has 1 N–H and O–H groups in total. The minimum atomic E-state index is -0.322. The summed E-state index contributed by atoms with van der Waals surface area (Å²) in [6.45, 7) is 2.03. The number of ketones is 1. The largest absolute Gasteiger partial charge is 0.507 e. The van der Waals surface area contributed by atoms with Gasteiger partial charge in [-0.15, -0.1) is 0 Å². The first-order valence-corrected chi connectivity index (χ1v) is 9.50. The van der Waals surface area contributed by atoms with E-state index in [-0.39, 0.29) is 36.4 Å². The Kier molecular flexibility index (Phi) is 7.83. The van der Waals surface area contributed by atoms with E-state index in [0.29, 0.717) is 19.0 Å². The average Bonchev–Trinajstić information content (AvgIpc) is 2.75. The molecule has 6 heteroatoms. The lowest BCUT2D eigenvalue weighted by Crippen LogP contribution is -2.08. The van der Waals surface area contributed by atoms with E-state index in [4.69, 9.17) is 18.9 Å². The Morgan fingerprint density at radius 1 is 0.800 bits per heavy atom. The zero-order chi connectivity index (χ0) is 21.2. The van der Waals surface area contributed by atoms with Crippen LogP contribution in [0.5, 0.6) is 17.2 Å². The van der Waals surface area contributed by atoms with Gasteiger partial charge in [0.25, 0.3) is 0 Å². The summed E-state index contributed by atoms with van der Waals surface area (Å²) in [5, 5.41) is 10.2. The maximum absolute atomic E-state index is 11.9. The van der Waals surface area contributed by atoms with Gasteiger partial charge in [0.15, 0.2) is 19.4 Å². The monoisotopic (exact) mass is 408 g/mol. The highest BCUT2D eigenvalue weighted by molar-refractivity contribution is 5.99. The third kappa shape index (κ3) is 6.34. The topological polar surface area (TPSA) is 74.2 Å². The number of phenolic OH excluding ortho intramolecular Hbond substituents is 1. The van der Waals surface area contributed by atoms with Crippen molar-refractivity contribution >= 4 is 5.78 Å². The van der Waals surface area contributed by atoms with Crippen LogP contribution in [0.15, 0.2) is 72.8 Å². The lowest BCUT2D eigenvalue weighted by molar-refractivity contribution is 0.000746. The molecule has 3 rings (SSSR count). The molecule has 0 bridgehead atoms. The molecule has 0 aliphatic heterocycles. The SMILES string of the molecule is CC(=O)c1c(O)cc(OCOCc2ccccc2)cc1OCOCc1ccccc1. The van der Waals surface area contributed by atoms with Gasteiger partial charge in [0, 0.05) is 12.1 Å². The number of benzene rings is 3. The van der Waals surface area contributed by atoms with E-state index >= 15 is 0 Å². The standard InChI is InChI=1S/C24H24O6/c1-18(25)24-22(26)12-21(29-16-27-14-19-8-4-2-5-9-19)13-23(24)30-17-28-15-20-10-6-3-7-11-20/h2-13,26H,14-17H2,1H3. The summed E-state index contributed by atoms with van der Waals surface area (Å²) in [6.07, 6.45) is 0. The molecule has 0 amide bonds. The van der Waals surface area contributed by atoms with E-state index in [0.717, 1.165) is 11.1 Å². The highest BCUT2D eigenvalue weighted by Crippen LogP contribution is 2.34. The lowest BCUT2D eigenvalue weighted by atomic mass is 10.1. The van der Waals surface area contributed by atoms with Gasteiger partial charge in [-0.3, -0.25) is 4.79 Å². The maximum Gasteiger partial charge on any atom is 0.189 e. The highest BCUT2D eigenvalue weighted by atomic mass is 16.7. The van der Waals surface area contributed by atoms with Gasteiger partial charge >= 0.3 is 0 Å². The van der Waals surface area contributed by atoms with Crippen molar-refractivity contribution < 1.29 is 28.8 Å². The molecule has 30 heavy (non-hydrogen) atoms. The second-order valence-corrected chi connectivity index (χ2v) is 6.56. The average molecular weight is 408 g/mol.